The number of nitrogens with one attached hydrogen (secondary N) is 10. The number of urea groups is 4. The molecule has 0 saturated carbocycles. The number of nitrogens with zero attached hydrogens (tertiary/aromatic N) is 10. The molecule has 18 rings (SSSR count). The lowest BCUT2D eigenvalue weighted by molar-refractivity contribution is 0.228. The van der Waals surface area contributed by atoms with Crippen LogP contribution < -0.4 is 77.8 Å². The third-order valence-electron chi connectivity index (χ3n) is 22.2. The van der Waals surface area contributed by atoms with Gasteiger partial charge in [0.1, 0.15) is 46.9 Å². The molecule has 10 N–H and O–H groups in total. The smallest absolute Gasteiger partial charge is 0.333 e. The Kier molecular flexibility index (Phi) is 34.5. The number of sulfonamides is 4. The van der Waals surface area contributed by atoms with Gasteiger partial charge in [-0.2, -0.15) is 0 Å². The van der Waals surface area contributed by atoms with Crippen LogP contribution in [0.2, 0.25) is 27.4 Å². The highest BCUT2D eigenvalue weighted by molar-refractivity contribution is 7.93. The Hall–Kier alpha value is -12.9. The van der Waals surface area contributed by atoms with E-state index in [1.165, 1.54) is 168 Å². The van der Waals surface area contributed by atoms with Crippen LogP contribution in [0.1, 0.15) is 56.6 Å². The molecule has 2 aliphatic rings. The van der Waals surface area contributed by atoms with E-state index in [0.29, 0.717) is 104 Å². The van der Waals surface area contributed by atoms with E-state index in [2.05, 4.69) is 61.6 Å². The van der Waals surface area contributed by atoms with E-state index in [4.69, 9.17) is 74.3 Å². The average Bonchev–Trinajstić information content (AvgIpc) is 1.40. The van der Waals surface area contributed by atoms with Gasteiger partial charge in [0.15, 0.2) is 0 Å². The molecule has 0 unspecified atom stereocenters. The van der Waals surface area contributed by atoms with Crippen molar-refractivity contribution in [3.8, 4) is 28.5 Å². The Morgan fingerprint density at radius 2 is 0.690 bits per heavy atom. The highest BCUT2D eigenvalue weighted by Gasteiger charge is 2.27. The summed E-state index contributed by atoms with van der Waals surface area (Å²) in [5.74, 6) is 1.59. The molecule has 8 aromatic carbocycles. The lowest BCUT2D eigenvalue weighted by Crippen LogP contribution is -2.34. The van der Waals surface area contributed by atoms with Crippen LogP contribution in [-0.4, -0.2) is 165 Å². The molecule has 145 heavy (non-hydrogen) atoms. The number of para-hydroxylation sites is 1. The predicted octanol–water partition coefficient (Wildman–Crippen LogP) is 18.6. The minimum Gasteiger partial charge on any atom is -0.497 e. The first kappa shape index (κ1) is 106. The summed E-state index contributed by atoms with van der Waals surface area (Å²) in [5, 5.41) is 18.7. The van der Waals surface area contributed by atoms with E-state index in [9.17, 15) is 72.0 Å². The third kappa shape index (κ3) is 27.1. The van der Waals surface area contributed by atoms with Crippen molar-refractivity contribution in [2.45, 2.75) is 75.6 Å². The monoisotopic (exact) mass is 2230 g/mol. The Morgan fingerprint density at radius 1 is 0.359 bits per heavy atom. The van der Waals surface area contributed by atoms with Crippen molar-refractivity contribution in [1.29, 1.82) is 0 Å². The minimum atomic E-state index is -4.08. The number of amides is 8. The van der Waals surface area contributed by atoms with Crippen molar-refractivity contribution in [2.75, 3.05) is 91.4 Å². The van der Waals surface area contributed by atoms with Gasteiger partial charge in [0.2, 0.25) is 0 Å². The maximum Gasteiger partial charge on any atom is 0.333 e. The Bertz CT molecular complexity index is 8370. The molecule has 8 amide bonds. The van der Waals surface area contributed by atoms with Crippen LogP contribution in [0.5, 0.6) is 5.75 Å². The average molecular weight is 2240 g/mol. The fourth-order valence-electron chi connectivity index (χ4n) is 15.4. The van der Waals surface area contributed by atoms with Crippen molar-refractivity contribution in [3.63, 3.8) is 0 Å². The SMILES string of the molecule is COc1ccc2c(=O)n(-c3ccc(NC(=O)NS(=O)(=O)c4ccc(Cl)s4)cc3)c(C)nc2c1.Cc1nc2ccccc2c(=O)n1-c1ccc(NC(=O)NS(=O)(=O)c2ccc(Cl)s2)cc1.O=C(Nc1ccc(-n2cnc3cc(NCCCN4CCCC4)ccc3c2=O)c(Cl)c1)NS(=O)(=O)c1ccc(Cl)s1.O=C(Nc1ccc(-n2cnc3cc(NCCCN4CCCCC4)ccc3c2=O)c(Cl)c1)NS(=O)(=O)c1ccc(Cl)s1. The summed E-state index contributed by atoms with van der Waals surface area (Å²) in [7, 11) is -14.7. The number of fused-ring (bicyclic) bond motifs is 4. The fraction of sp³-hybridized carbons (Fsp3) is 0.191. The van der Waals surface area contributed by atoms with Crippen LogP contribution in [0.4, 0.5) is 53.3 Å². The van der Waals surface area contributed by atoms with Gasteiger partial charge >= 0.3 is 24.1 Å². The molecule has 0 aliphatic carbocycles. The lowest BCUT2D eigenvalue weighted by Gasteiger charge is -2.26. The topological polar surface area (TPSA) is 480 Å². The van der Waals surface area contributed by atoms with E-state index < -0.39 is 64.2 Å². The Morgan fingerprint density at radius 3 is 1.06 bits per heavy atom. The molecule has 2 fully saturated rings. The van der Waals surface area contributed by atoms with E-state index >= 15 is 0 Å². The summed E-state index contributed by atoms with van der Waals surface area (Å²) in [6.07, 6.45) is 11.3. The molecule has 10 heterocycles. The predicted molar refractivity (Wildman–Crippen MR) is 572 cm³/mol. The molecular formula is C94H86Cl6N20O17S8. The largest absolute Gasteiger partial charge is 0.497 e. The number of carbonyl (C=O) groups is 4. The highest BCUT2D eigenvalue weighted by Crippen LogP contribution is 2.34. The van der Waals surface area contributed by atoms with Gasteiger partial charge in [0.25, 0.3) is 62.3 Å². The number of likely N-dealkylation sites (tertiary alicyclic amines) is 2. The molecule has 0 bridgehead atoms. The summed E-state index contributed by atoms with van der Waals surface area (Å²) in [5.41, 5.74) is 5.96. The first-order valence-corrected chi connectivity index (χ1v) is 55.5. The number of rotatable bonds is 27. The summed E-state index contributed by atoms with van der Waals surface area (Å²) < 4.78 is 118. The number of thiophene rings is 4. The van der Waals surface area contributed by atoms with Gasteiger partial charge in [0, 0.05) is 53.3 Å². The normalized spacial score (nSPS) is 12.9. The van der Waals surface area contributed by atoms with Crippen LogP contribution in [0.3, 0.4) is 0 Å². The van der Waals surface area contributed by atoms with Crippen molar-refractivity contribution < 1.29 is 57.6 Å². The van der Waals surface area contributed by atoms with Gasteiger partial charge in [-0.15, -0.1) is 45.3 Å². The number of hydrogen-bond acceptors (Lipinski definition) is 29. The molecule has 2 aliphatic heterocycles. The van der Waals surface area contributed by atoms with Crippen LogP contribution >= 0.6 is 115 Å². The zero-order valence-electron chi connectivity index (χ0n) is 76.4. The van der Waals surface area contributed by atoms with Crippen molar-refractivity contribution >= 4 is 257 Å². The van der Waals surface area contributed by atoms with Crippen LogP contribution in [0.15, 0.2) is 261 Å². The Balaban J connectivity index is 0.000000146. The van der Waals surface area contributed by atoms with Gasteiger partial charge in [-0.05, 0) is 286 Å². The summed E-state index contributed by atoms with van der Waals surface area (Å²) in [4.78, 5) is 124. The zero-order valence-corrected chi connectivity index (χ0v) is 87.5. The number of benzene rings is 8. The molecule has 0 radical (unpaired) electrons. The molecule has 37 nitrogen and oxygen atoms in total. The number of aryl methyl sites for hydroxylation is 2. The fourth-order valence-corrected chi connectivity index (χ4v) is 25.5. The second-order valence-electron chi connectivity index (χ2n) is 32.2. The van der Waals surface area contributed by atoms with E-state index in [-0.39, 0.29) is 69.2 Å². The molecule has 16 aromatic rings. The summed E-state index contributed by atoms with van der Waals surface area (Å²) >= 11 is 39.3. The van der Waals surface area contributed by atoms with Crippen LogP contribution in [0, 0.1) is 13.8 Å². The lowest BCUT2D eigenvalue weighted by atomic mass is 10.1. The van der Waals surface area contributed by atoms with Crippen molar-refractivity contribution in [3.05, 3.63) is 305 Å². The van der Waals surface area contributed by atoms with Gasteiger partial charge in [-0.25, -0.2) is 91.7 Å². The van der Waals surface area contributed by atoms with Crippen molar-refractivity contribution in [1.82, 2.24) is 66.9 Å². The number of carbonyl (C=O) groups excluding carboxylic acids is 4. The molecular weight excluding hydrogens is 2150 g/mol. The first-order chi connectivity index (χ1) is 69.3. The summed E-state index contributed by atoms with van der Waals surface area (Å²) in [6, 6.07) is 51.8. The van der Waals surface area contributed by atoms with Gasteiger partial charge in [0.05, 0.1) is 101 Å². The van der Waals surface area contributed by atoms with Crippen LogP contribution in [-0.2, 0) is 40.1 Å². The van der Waals surface area contributed by atoms with Crippen molar-refractivity contribution in [2.24, 2.45) is 0 Å². The van der Waals surface area contributed by atoms with Gasteiger partial charge in [-0.3, -0.25) is 37.4 Å². The standard InChI is InChI=1S/C27H28Cl2N6O4S2.C26H26Cl2N6O4S2.C21H17ClN4O5S2.C20H15ClN4O4S2/c28-21-15-19(32-27(37)33-41(38,39)25-10-9-24(29)40-25)6-8-23(21)35-17-31-22-16-18(5-7-20(22)26(35)36)30-11-4-14-34-12-2-1-3-13-34;27-20-14-18(31-26(36)32-40(37,38)24-9-8-23(28)39-24)5-7-22(20)34-16-30-21-15-17(4-6-19(21)25(34)35)29-10-3-13-33-11-1-2-12-33;1-12-23-17-11-15(31-2)7-8-16(17)20(27)26(12)14-5-3-13(4-6-14)24-21(28)25-33(29,30)19-10-9-18(22)32-19;1-12-22-16-5-3-2-4-15(16)19(26)25(12)14-8-6-13(7-9-14)23-20(27)24-31(28,29)18-11-10-17(21)30-18/h5-10,15-17,30H,1-4,11-14H2,(H2,32,33,37);4-9,14-16,29H,1-3,10-13H2,(H2,31,32,36);3-11H,1-2H3,(H2,24,25,28);2-11H,1H3,(H2,23,24,27). The maximum absolute atomic E-state index is 13.3. The second-order valence-corrected chi connectivity index (χ2v) is 47.5. The first-order valence-electron chi connectivity index (χ1n) is 44.0. The molecule has 2 saturated heterocycles. The third-order valence-corrected chi connectivity index (χ3v) is 35.0. The molecule has 754 valence electrons. The number of anilines is 6. The number of ether oxygens (including phenoxy) is 1. The number of piperidine rings is 1. The second kappa shape index (κ2) is 47.1. The van der Waals surface area contributed by atoms with Crippen LogP contribution in [0.25, 0.3) is 66.4 Å². The number of hydrogen-bond donors (Lipinski definition) is 10. The number of halogens is 6. The molecule has 8 aromatic heterocycles. The molecule has 0 atom stereocenters. The molecule has 51 heteroatoms. The quantitative estimate of drug-likeness (QED) is 0.0214. The minimum absolute atomic E-state index is 0.0679. The summed E-state index contributed by atoms with van der Waals surface area (Å²) in [6.45, 7) is 12.0. The van der Waals surface area contributed by atoms with Gasteiger partial charge < -0.3 is 46.4 Å². The molecule has 0 spiro atoms. The van der Waals surface area contributed by atoms with Gasteiger partial charge in [-0.1, -0.05) is 88.2 Å². The highest BCUT2D eigenvalue weighted by atomic mass is 35.5. The number of aromatic nitrogens is 8. The maximum atomic E-state index is 13.3. The zero-order chi connectivity index (χ0) is 103. The van der Waals surface area contributed by atoms with E-state index in [1.807, 2.05) is 49.2 Å². The van der Waals surface area contributed by atoms with E-state index in [0.717, 1.165) is 95.7 Å². The Labute approximate surface area is 874 Å². The number of methoxy groups -OCH3 is 1. The van der Waals surface area contributed by atoms with E-state index in [1.54, 1.807) is 124 Å².